The molecule has 0 aromatic carbocycles. The summed E-state index contributed by atoms with van der Waals surface area (Å²) in [5.41, 5.74) is 1.59. The van der Waals surface area contributed by atoms with Crippen LogP contribution in [0.2, 0.25) is 0 Å². The molecule has 0 saturated carbocycles. The number of methoxy groups -OCH3 is 1. The van der Waals surface area contributed by atoms with Gasteiger partial charge < -0.3 is 9.47 Å². The van der Waals surface area contributed by atoms with Crippen molar-refractivity contribution in [2.24, 2.45) is 5.92 Å². The zero-order valence-electron chi connectivity index (χ0n) is 12.5. The first kappa shape index (κ1) is 16.7. The summed E-state index contributed by atoms with van der Waals surface area (Å²) in [7, 11) is 1.81. The van der Waals surface area contributed by atoms with E-state index in [2.05, 4.69) is 26.8 Å². The Hall–Kier alpha value is -0.340. The highest BCUT2D eigenvalue weighted by atomic mass is 16.5. The Labute approximate surface area is 107 Å². The van der Waals surface area contributed by atoms with E-state index in [0.717, 1.165) is 13.2 Å². The van der Waals surface area contributed by atoms with Gasteiger partial charge in [0.05, 0.1) is 5.60 Å². The van der Waals surface area contributed by atoms with Gasteiger partial charge in [-0.25, -0.2) is 0 Å². The predicted octanol–water partition coefficient (Wildman–Crippen LogP) is 4.20. The number of ether oxygens (including phenoxy) is 2. The van der Waals surface area contributed by atoms with Crippen LogP contribution in [0, 0.1) is 5.92 Å². The monoisotopic (exact) mass is 242 g/mol. The average Bonchev–Trinajstić information content (AvgIpc) is 2.31. The smallest absolute Gasteiger partial charge is 0.0653 e. The maximum absolute atomic E-state index is 5.48. The van der Waals surface area contributed by atoms with Gasteiger partial charge in [0.2, 0.25) is 0 Å². The molecule has 0 N–H and O–H groups in total. The SMILES string of the molecule is CCOCC.COC(C)(C)C1CC=C(C)CC1. The standard InChI is InChI=1S/C11H20O.C4H10O/c1-9-5-7-10(8-6-9)11(2,3)12-4;1-3-5-4-2/h5,10H,6-8H2,1-4H3;3-4H2,1-2H3. The number of allylic oxidation sites excluding steroid dienone is 2. The summed E-state index contributed by atoms with van der Waals surface area (Å²) >= 11 is 0. The molecule has 1 atom stereocenters. The van der Waals surface area contributed by atoms with Crippen LogP contribution in [0.5, 0.6) is 0 Å². The van der Waals surface area contributed by atoms with Crippen LogP contribution in [-0.4, -0.2) is 25.9 Å². The van der Waals surface area contributed by atoms with Crippen LogP contribution < -0.4 is 0 Å². The second-order valence-electron chi connectivity index (χ2n) is 5.11. The summed E-state index contributed by atoms with van der Waals surface area (Å²) < 4.78 is 10.3. The minimum Gasteiger partial charge on any atom is -0.382 e. The molecule has 2 heteroatoms. The second-order valence-corrected chi connectivity index (χ2v) is 5.11. The lowest BCUT2D eigenvalue weighted by Crippen LogP contribution is -2.34. The van der Waals surface area contributed by atoms with E-state index in [0.29, 0.717) is 5.92 Å². The van der Waals surface area contributed by atoms with Gasteiger partial charge in [-0.15, -0.1) is 0 Å². The van der Waals surface area contributed by atoms with E-state index in [1.807, 2.05) is 21.0 Å². The van der Waals surface area contributed by atoms with Gasteiger partial charge in [-0.1, -0.05) is 11.6 Å². The summed E-state index contributed by atoms with van der Waals surface area (Å²) in [6.07, 6.45) is 6.07. The fraction of sp³-hybridized carbons (Fsp3) is 0.867. The van der Waals surface area contributed by atoms with Crippen LogP contribution in [0.4, 0.5) is 0 Å². The van der Waals surface area contributed by atoms with Crippen molar-refractivity contribution in [3.05, 3.63) is 11.6 Å². The number of hydrogen-bond donors (Lipinski definition) is 0. The third-order valence-electron chi connectivity index (χ3n) is 3.56. The normalized spacial score (nSPS) is 20.4. The van der Waals surface area contributed by atoms with Gasteiger partial charge in [-0.3, -0.25) is 0 Å². The van der Waals surface area contributed by atoms with Crippen molar-refractivity contribution < 1.29 is 9.47 Å². The summed E-state index contributed by atoms with van der Waals surface area (Å²) in [5.74, 6) is 0.700. The molecule has 2 nitrogen and oxygen atoms in total. The third kappa shape index (κ3) is 6.85. The molecule has 1 rings (SSSR count). The van der Waals surface area contributed by atoms with Gasteiger partial charge in [0.15, 0.2) is 0 Å². The highest BCUT2D eigenvalue weighted by molar-refractivity contribution is 5.05. The van der Waals surface area contributed by atoms with Gasteiger partial charge in [-0.05, 0) is 59.8 Å². The van der Waals surface area contributed by atoms with Crippen LogP contribution in [0.3, 0.4) is 0 Å². The maximum Gasteiger partial charge on any atom is 0.0653 e. The third-order valence-corrected chi connectivity index (χ3v) is 3.56. The molecule has 0 aromatic rings. The second kappa shape index (κ2) is 8.71. The maximum atomic E-state index is 5.48. The summed E-state index contributed by atoms with van der Waals surface area (Å²) in [6, 6.07) is 0. The van der Waals surface area contributed by atoms with Crippen molar-refractivity contribution in [2.75, 3.05) is 20.3 Å². The van der Waals surface area contributed by atoms with Gasteiger partial charge in [0, 0.05) is 20.3 Å². The summed E-state index contributed by atoms with van der Waals surface area (Å²) in [4.78, 5) is 0. The van der Waals surface area contributed by atoms with Crippen LogP contribution in [0.15, 0.2) is 11.6 Å². The molecule has 0 spiro atoms. The minimum atomic E-state index is 0.0528. The van der Waals surface area contributed by atoms with Crippen molar-refractivity contribution in [2.45, 2.75) is 59.5 Å². The largest absolute Gasteiger partial charge is 0.382 e. The average molecular weight is 242 g/mol. The van der Waals surface area contributed by atoms with E-state index in [1.54, 1.807) is 0 Å². The Morgan fingerprint density at radius 2 is 1.88 bits per heavy atom. The number of hydrogen-bond acceptors (Lipinski definition) is 2. The number of rotatable bonds is 4. The Morgan fingerprint density at radius 1 is 1.29 bits per heavy atom. The Bertz CT molecular complexity index is 217. The van der Waals surface area contributed by atoms with Crippen LogP contribution in [-0.2, 0) is 9.47 Å². The highest BCUT2D eigenvalue weighted by Gasteiger charge is 2.29. The van der Waals surface area contributed by atoms with Gasteiger partial charge in [0.25, 0.3) is 0 Å². The quantitative estimate of drug-likeness (QED) is 0.688. The molecular formula is C15H30O2. The molecule has 0 amide bonds. The molecule has 0 radical (unpaired) electrons. The van der Waals surface area contributed by atoms with Gasteiger partial charge >= 0.3 is 0 Å². The van der Waals surface area contributed by atoms with E-state index < -0.39 is 0 Å². The lowest BCUT2D eigenvalue weighted by atomic mass is 9.80. The van der Waals surface area contributed by atoms with Gasteiger partial charge in [0.1, 0.15) is 0 Å². The summed E-state index contributed by atoms with van der Waals surface area (Å²) in [6.45, 7) is 12.3. The lowest BCUT2D eigenvalue weighted by molar-refractivity contribution is -0.0312. The van der Waals surface area contributed by atoms with E-state index in [-0.39, 0.29) is 5.60 Å². The van der Waals surface area contributed by atoms with E-state index in [9.17, 15) is 0 Å². The van der Waals surface area contributed by atoms with E-state index in [4.69, 9.17) is 9.47 Å². The first-order valence-electron chi connectivity index (χ1n) is 6.76. The first-order chi connectivity index (χ1) is 7.97. The van der Waals surface area contributed by atoms with Crippen molar-refractivity contribution in [3.8, 4) is 0 Å². The molecule has 0 saturated heterocycles. The van der Waals surface area contributed by atoms with Gasteiger partial charge in [-0.2, -0.15) is 0 Å². The predicted molar refractivity (Wildman–Crippen MR) is 74.4 cm³/mol. The lowest BCUT2D eigenvalue weighted by Gasteiger charge is -2.34. The fourth-order valence-electron chi connectivity index (χ4n) is 1.97. The molecule has 0 aliphatic heterocycles. The van der Waals surface area contributed by atoms with Crippen LogP contribution >= 0.6 is 0 Å². The minimum absolute atomic E-state index is 0.0528. The molecule has 17 heavy (non-hydrogen) atoms. The molecule has 102 valence electrons. The molecule has 0 bridgehead atoms. The zero-order chi connectivity index (χ0) is 13.3. The van der Waals surface area contributed by atoms with Crippen molar-refractivity contribution in [1.29, 1.82) is 0 Å². The van der Waals surface area contributed by atoms with Crippen molar-refractivity contribution >= 4 is 0 Å². The highest BCUT2D eigenvalue weighted by Crippen LogP contribution is 2.33. The molecule has 0 fully saturated rings. The fourth-order valence-corrected chi connectivity index (χ4v) is 1.97. The van der Waals surface area contributed by atoms with Crippen molar-refractivity contribution in [3.63, 3.8) is 0 Å². The topological polar surface area (TPSA) is 18.5 Å². The molecule has 1 aliphatic carbocycles. The van der Waals surface area contributed by atoms with Crippen LogP contribution in [0.25, 0.3) is 0 Å². The Balaban J connectivity index is 0.000000437. The molecule has 0 heterocycles. The van der Waals surface area contributed by atoms with E-state index in [1.165, 1.54) is 24.8 Å². The molecular weight excluding hydrogens is 212 g/mol. The van der Waals surface area contributed by atoms with Crippen LogP contribution in [0.1, 0.15) is 53.9 Å². The Morgan fingerprint density at radius 3 is 2.18 bits per heavy atom. The summed E-state index contributed by atoms with van der Waals surface area (Å²) in [5, 5.41) is 0. The molecule has 0 aromatic heterocycles. The zero-order valence-corrected chi connectivity index (χ0v) is 12.5. The first-order valence-corrected chi connectivity index (χ1v) is 6.76. The van der Waals surface area contributed by atoms with Crippen molar-refractivity contribution in [1.82, 2.24) is 0 Å². The van der Waals surface area contributed by atoms with E-state index >= 15 is 0 Å². The molecule has 1 aliphatic rings. The Kier molecular flexibility index (Phi) is 8.53. The molecule has 1 unspecified atom stereocenters.